The van der Waals surface area contributed by atoms with Crippen LogP contribution in [-0.2, 0) is 17.8 Å². The first kappa shape index (κ1) is 20.3. The Balaban J connectivity index is 0.00000220. The number of rotatable bonds is 5. The number of halogens is 2. The van der Waals surface area contributed by atoms with E-state index >= 15 is 0 Å². The van der Waals surface area contributed by atoms with Crippen molar-refractivity contribution < 1.29 is 4.79 Å². The number of nitrogens with zero attached hydrogens (tertiary/aromatic N) is 2. The molecule has 1 aromatic heterocycles. The molecule has 0 aliphatic rings. The maximum absolute atomic E-state index is 11.8. The highest BCUT2D eigenvalue weighted by Gasteiger charge is 2.06. The summed E-state index contributed by atoms with van der Waals surface area (Å²) in [6.07, 6.45) is 0.795. The van der Waals surface area contributed by atoms with E-state index in [0.717, 1.165) is 29.1 Å². The summed E-state index contributed by atoms with van der Waals surface area (Å²) < 4.78 is 1.72. The molecule has 1 aromatic carbocycles. The highest BCUT2D eigenvalue weighted by molar-refractivity contribution is 5.85. The Morgan fingerprint density at radius 2 is 1.86 bits per heavy atom. The first-order valence-electron chi connectivity index (χ1n) is 6.67. The number of hydrogen-bond donors (Lipinski definition) is 2. The number of hydrogen-bond acceptors (Lipinski definition) is 3. The number of nitrogens with one attached hydrogen (secondary N) is 1. The van der Waals surface area contributed by atoms with Crippen molar-refractivity contribution in [3.63, 3.8) is 0 Å². The van der Waals surface area contributed by atoms with Gasteiger partial charge in [0, 0.05) is 17.9 Å². The number of nitrogens with two attached hydrogens (primary N) is 1. The minimum absolute atomic E-state index is 0. The maximum atomic E-state index is 11.8. The molecule has 0 fully saturated rings. The summed E-state index contributed by atoms with van der Waals surface area (Å²) in [7, 11) is 0. The zero-order chi connectivity index (χ0) is 14.5. The molecule has 3 N–H and O–H groups in total. The lowest BCUT2D eigenvalue weighted by Crippen LogP contribution is -2.30. The van der Waals surface area contributed by atoms with Gasteiger partial charge in [-0.15, -0.1) is 24.8 Å². The van der Waals surface area contributed by atoms with Crippen molar-refractivity contribution in [2.75, 3.05) is 12.3 Å². The Labute approximate surface area is 143 Å². The number of amides is 1. The van der Waals surface area contributed by atoms with Crippen LogP contribution in [0, 0.1) is 13.8 Å². The maximum Gasteiger partial charge on any atom is 0.241 e. The summed E-state index contributed by atoms with van der Waals surface area (Å²) in [4.78, 5) is 11.8. The van der Waals surface area contributed by atoms with Crippen LogP contribution < -0.4 is 11.1 Å². The molecule has 1 heterocycles. The molecule has 2 aromatic rings. The first-order chi connectivity index (χ1) is 9.54. The monoisotopic (exact) mass is 344 g/mol. The molecule has 5 nitrogen and oxygen atoms in total. The second-order valence-electron chi connectivity index (χ2n) is 4.93. The summed E-state index contributed by atoms with van der Waals surface area (Å²) in [6, 6.07) is 9.65. The van der Waals surface area contributed by atoms with Gasteiger partial charge in [-0.2, -0.15) is 5.10 Å². The first-order valence-corrected chi connectivity index (χ1v) is 6.67. The molecule has 0 radical (unpaired) electrons. The average molecular weight is 345 g/mol. The van der Waals surface area contributed by atoms with E-state index < -0.39 is 0 Å². The molecule has 1 amide bonds. The SMILES string of the molecule is Cc1cc(C)n(CC(=O)NCCc2ccc(N)cc2)n1.Cl.Cl. The molecule has 0 atom stereocenters. The van der Waals surface area contributed by atoms with E-state index in [1.165, 1.54) is 0 Å². The van der Waals surface area contributed by atoms with Crippen LogP contribution in [0.4, 0.5) is 5.69 Å². The van der Waals surface area contributed by atoms with Crippen LogP contribution in [-0.4, -0.2) is 22.2 Å². The molecule has 0 saturated heterocycles. The van der Waals surface area contributed by atoms with E-state index in [-0.39, 0.29) is 37.3 Å². The lowest BCUT2D eigenvalue weighted by Gasteiger charge is -2.07. The molecular weight excluding hydrogens is 323 g/mol. The standard InChI is InChI=1S/C15H20N4O.2ClH/c1-11-9-12(2)19(18-11)10-15(20)17-8-7-13-3-5-14(16)6-4-13;;/h3-6,9H,7-8,10,16H2,1-2H3,(H,17,20);2*1H. The Bertz CT molecular complexity index is 596. The van der Waals surface area contributed by atoms with Crippen molar-refractivity contribution in [3.05, 3.63) is 47.3 Å². The Morgan fingerprint density at radius 1 is 1.23 bits per heavy atom. The van der Waals surface area contributed by atoms with E-state index in [1.807, 2.05) is 44.2 Å². The Kier molecular flexibility index (Phi) is 8.60. The largest absolute Gasteiger partial charge is 0.399 e. The third kappa shape index (κ3) is 5.95. The van der Waals surface area contributed by atoms with Crippen molar-refractivity contribution in [2.24, 2.45) is 0 Å². The predicted molar refractivity (Wildman–Crippen MR) is 93.8 cm³/mol. The highest BCUT2D eigenvalue weighted by atomic mass is 35.5. The van der Waals surface area contributed by atoms with Crippen LogP contribution in [0.2, 0.25) is 0 Å². The van der Waals surface area contributed by atoms with Gasteiger partial charge in [0.05, 0.1) is 5.69 Å². The third-order valence-electron chi connectivity index (χ3n) is 3.11. The van der Waals surface area contributed by atoms with Gasteiger partial charge in [0.2, 0.25) is 5.91 Å². The normalized spacial score (nSPS) is 9.55. The molecule has 0 unspecified atom stereocenters. The highest BCUT2D eigenvalue weighted by Crippen LogP contribution is 2.05. The van der Waals surface area contributed by atoms with E-state index in [0.29, 0.717) is 6.54 Å². The van der Waals surface area contributed by atoms with E-state index in [9.17, 15) is 4.79 Å². The molecule has 22 heavy (non-hydrogen) atoms. The predicted octanol–water partition coefficient (Wildman–Crippen LogP) is 2.28. The molecule has 0 spiro atoms. The van der Waals surface area contributed by atoms with Gasteiger partial charge in [-0.1, -0.05) is 12.1 Å². The number of carbonyl (C=O) groups is 1. The lowest BCUT2D eigenvalue weighted by molar-refractivity contribution is -0.121. The summed E-state index contributed by atoms with van der Waals surface area (Å²) in [5.41, 5.74) is 9.46. The smallest absolute Gasteiger partial charge is 0.241 e. The van der Waals surface area contributed by atoms with Gasteiger partial charge >= 0.3 is 0 Å². The zero-order valence-corrected chi connectivity index (χ0v) is 14.3. The third-order valence-corrected chi connectivity index (χ3v) is 3.11. The zero-order valence-electron chi connectivity index (χ0n) is 12.7. The average Bonchev–Trinajstić information content (AvgIpc) is 2.70. The van der Waals surface area contributed by atoms with Gasteiger partial charge in [0.15, 0.2) is 0 Å². The van der Waals surface area contributed by atoms with Crippen molar-refractivity contribution >= 4 is 36.4 Å². The van der Waals surface area contributed by atoms with Crippen LogP contribution in [0.25, 0.3) is 0 Å². The molecule has 0 bridgehead atoms. The van der Waals surface area contributed by atoms with Crippen LogP contribution in [0.5, 0.6) is 0 Å². The van der Waals surface area contributed by atoms with E-state index in [2.05, 4.69) is 10.4 Å². The molecule has 7 heteroatoms. The lowest BCUT2D eigenvalue weighted by atomic mass is 10.1. The number of aryl methyl sites for hydroxylation is 2. The summed E-state index contributed by atoms with van der Waals surface area (Å²) in [6.45, 7) is 4.74. The van der Waals surface area contributed by atoms with Crippen LogP contribution >= 0.6 is 24.8 Å². The fraction of sp³-hybridized carbons (Fsp3) is 0.333. The molecule has 0 aliphatic carbocycles. The van der Waals surface area contributed by atoms with Gasteiger partial charge in [-0.25, -0.2) is 0 Å². The van der Waals surface area contributed by atoms with Crippen LogP contribution in [0.1, 0.15) is 17.0 Å². The van der Waals surface area contributed by atoms with Crippen LogP contribution in [0.15, 0.2) is 30.3 Å². The van der Waals surface area contributed by atoms with Gasteiger partial charge in [0.1, 0.15) is 6.54 Å². The molecule has 0 aliphatic heterocycles. The Morgan fingerprint density at radius 3 is 2.41 bits per heavy atom. The number of anilines is 1. The Hall–Kier alpha value is -1.72. The second kappa shape index (κ2) is 9.33. The fourth-order valence-electron chi connectivity index (χ4n) is 2.06. The van der Waals surface area contributed by atoms with Gasteiger partial charge in [-0.05, 0) is 44.0 Å². The quantitative estimate of drug-likeness (QED) is 0.817. The minimum Gasteiger partial charge on any atom is -0.399 e. The summed E-state index contributed by atoms with van der Waals surface area (Å²) in [5, 5.41) is 7.17. The van der Waals surface area contributed by atoms with Crippen LogP contribution in [0.3, 0.4) is 0 Å². The number of benzene rings is 1. The number of aromatic nitrogens is 2. The van der Waals surface area contributed by atoms with Gasteiger partial charge < -0.3 is 11.1 Å². The summed E-state index contributed by atoms with van der Waals surface area (Å²) in [5.74, 6) is -0.0216. The van der Waals surface area contributed by atoms with Crippen molar-refractivity contribution in [2.45, 2.75) is 26.8 Å². The molecule has 2 rings (SSSR count). The van der Waals surface area contributed by atoms with E-state index in [4.69, 9.17) is 5.73 Å². The minimum atomic E-state index is -0.0216. The number of carbonyl (C=O) groups excluding carboxylic acids is 1. The van der Waals surface area contributed by atoms with Gasteiger partial charge in [0.25, 0.3) is 0 Å². The second-order valence-corrected chi connectivity index (χ2v) is 4.93. The van der Waals surface area contributed by atoms with Crippen molar-refractivity contribution in [1.29, 1.82) is 0 Å². The topological polar surface area (TPSA) is 72.9 Å². The summed E-state index contributed by atoms with van der Waals surface area (Å²) >= 11 is 0. The fourth-order valence-corrected chi connectivity index (χ4v) is 2.06. The molecule has 0 saturated carbocycles. The molecule has 122 valence electrons. The van der Waals surface area contributed by atoms with Gasteiger partial charge in [-0.3, -0.25) is 9.48 Å². The van der Waals surface area contributed by atoms with Crippen molar-refractivity contribution in [3.8, 4) is 0 Å². The van der Waals surface area contributed by atoms with Crippen molar-refractivity contribution in [1.82, 2.24) is 15.1 Å². The van der Waals surface area contributed by atoms with E-state index in [1.54, 1.807) is 4.68 Å². The number of nitrogen functional groups attached to an aromatic ring is 1. The molecular formula is C15H22Cl2N4O.